The topological polar surface area (TPSA) is 101 Å². The molecule has 7 nitrogen and oxygen atoms in total. The van der Waals surface area contributed by atoms with E-state index in [9.17, 15) is 9.59 Å². The Kier molecular flexibility index (Phi) is 6.75. The zero-order valence-corrected chi connectivity index (χ0v) is 19.5. The number of aromatic nitrogens is 2. The molecule has 2 heterocycles. The van der Waals surface area contributed by atoms with Gasteiger partial charge in [-0.25, -0.2) is 4.98 Å². The van der Waals surface area contributed by atoms with Gasteiger partial charge < -0.3 is 9.73 Å². The first-order valence-electron chi connectivity index (χ1n) is 9.75. The Labute approximate surface area is 202 Å². The molecule has 2 aromatic carbocycles. The molecule has 2 aromatic heterocycles. The largest absolute Gasteiger partial charge is 0.467 e. The van der Waals surface area contributed by atoms with Gasteiger partial charge in [0, 0.05) is 10.7 Å². The first kappa shape index (κ1) is 22.9. The van der Waals surface area contributed by atoms with E-state index in [1.54, 1.807) is 43.3 Å². The third kappa shape index (κ3) is 5.06. The van der Waals surface area contributed by atoms with Gasteiger partial charge in [-0.05, 0) is 55.5 Å². The molecule has 10 heteroatoms. The fraction of sp³-hybridized carbons (Fsp3) is 0.130. The molecular formula is C23H16Cl2N4O3S. The Morgan fingerprint density at radius 1 is 1.27 bits per heavy atom. The molecule has 1 N–H and O–H groups in total. The molecule has 0 fully saturated rings. The summed E-state index contributed by atoms with van der Waals surface area (Å²) in [5.41, 5.74) is 0.958. The minimum absolute atomic E-state index is 0.166. The first-order valence-corrected chi connectivity index (χ1v) is 11.4. The zero-order chi connectivity index (χ0) is 23.5. The minimum atomic E-state index is -0.606. The van der Waals surface area contributed by atoms with Crippen LogP contribution in [0, 0.1) is 11.3 Å². The van der Waals surface area contributed by atoms with Crippen molar-refractivity contribution in [3.8, 4) is 6.07 Å². The van der Waals surface area contributed by atoms with Crippen LogP contribution in [0.3, 0.4) is 0 Å². The van der Waals surface area contributed by atoms with Crippen LogP contribution in [0.2, 0.25) is 10.0 Å². The summed E-state index contributed by atoms with van der Waals surface area (Å²) < 4.78 is 6.88. The van der Waals surface area contributed by atoms with Crippen LogP contribution in [-0.4, -0.2) is 20.7 Å². The highest BCUT2D eigenvalue weighted by Crippen LogP contribution is 2.26. The van der Waals surface area contributed by atoms with Gasteiger partial charge in [-0.1, -0.05) is 35.0 Å². The number of rotatable bonds is 6. The highest BCUT2D eigenvalue weighted by molar-refractivity contribution is 8.00. The average molecular weight is 499 g/mol. The number of furan rings is 1. The molecule has 1 atom stereocenters. The fourth-order valence-corrected chi connectivity index (χ4v) is 4.40. The third-order valence-electron chi connectivity index (χ3n) is 4.78. The minimum Gasteiger partial charge on any atom is -0.467 e. The lowest BCUT2D eigenvalue weighted by Gasteiger charge is -2.16. The smallest absolute Gasteiger partial charge is 0.262 e. The Morgan fingerprint density at radius 3 is 2.79 bits per heavy atom. The van der Waals surface area contributed by atoms with Crippen LogP contribution in [0.25, 0.3) is 10.9 Å². The van der Waals surface area contributed by atoms with Gasteiger partial charge in [0.15, 0.2) is 5.16 Å². The van der Waals surface area contributed by atoms with Crippen molar-refractivity contribution in [3.63, 3.8) is 0 Å². The SMILES string of the molecule is C[C@H](Sc1nc2cc(Cl)ccc2c(=O)n1Cc1ccco1)C(=O)Nc1ccc(C#N)c(Cl)c1. The monoisotopic (exact) mass is 498 g/mol. The molecule has 0 aliphatic rings. The summed E-state index contributed by atoms with van der Waals surface area (Å²) in [6, 6.07) is 15.0. The lowest BCUT2D eigenvalue weighted by atomic mass is 10.2. The second-order valence-electron chi connectivity index (χ2n) is 7.08. The summed E-state index contributed by atoms with van der Waals surface area (Å²) in [7, 11) is 0. The highest BCUT2D eigenvalue weighted by Gasteiger charge is 2.21. The number of fused-ring (bicyclic) bond motifs is 1. The summed E-state index contributed by atoms with van der Waals surface area (Å²) in [4.78, 5) is 30.6. The molecule has 0 saturated carbocycles. The Balaban J connectivity index is 1.64. The normalized spacial score (nSPS) is 11.8. The van der Waals surface area contributed by atoms with Crippen molar-refractivity contribution >= 4 is 57.5 Å². The van der Waals surface area contributed by atoms with Gasteiger partial charge in [0.25, 0.3) is 5.56 Å². The van der Waals surface area contributed by atoms with Crippen molar-refractivity contribution in [2.75, 3.05) is 5.32 Å². The third-order valence-corrected chi connectivity index (χ3v) is 6.42. The standard InChI is InChI=1S/C23H16Cl2N4O3S/c1-13(21(30)27-16-6-4-14(11-26)19(25)10-16)33-23-28-20-9-15(24)5-7-18(20)22(31)29(23)12-17-3-2-8-32-17/h2-10,13H,12H2,1H3,(H,27,30)/t13-/m0/s1. The van der Waals surface area contributed by atoms with E-state index in [1.807, 2.05) is 6.07 Å². The molecule has 0 saturated heterocycles. The predicted molar refractivity (Wildman–Crippen MR) is 129 cm³/mol. The number of nitrogens with zero attached hydrogens (tertiary/aromatic N) is 3. The second-order valence-corrected chi connectivity index (χ2v) is 9.23. The lowest BCUT2D eigenvalue weighted by molar-refractivity contribution is -0.115. The van der Waals surface area contributed by atoms with Gasteiger partial charge in [0.2, 0.25) is 5.91 Å². The van der Waals surface area contributed by atoms with Gasteiger partial charge in [-0.2, -0.15) is 5.26 Å². The number of hydrogen-bond donors (Lipinski definition) is 1. The van der Waals surface area contributed by atoms with Crippen molar-refractivity contribution in [1.29, 1.82) is 5.26 Å². The van der Waals surface area contributed by atoms with E-state index in [0.717, 1.165) is 11.8 Å². The fourth-order valence-electron chi connectivity index (χ4n) is 3.10. The van der Waals surface area contributed by atoms with Crippen LogP contribution in [0.5, 0.6) is 0 Å². The molecule has 166 valence electrons. The molecule has 0 aliphatic carbocycles. The van der Waals surface area contributed by atoms with Crippen molar-refractivity contribution in [2.45, 2.75) is 23.9 Å². The highest BCUT2D eigenvalue weighted by atomic mass is 35.5. The number of amides is 1. The Hall–Kier alpha value is -3.25. The number of carbonyl (C=O) groups is 1. The number of thioether (sulfide) groups is 1. The molecule has 4 aromatic rings. The van der Waals surface area contributed by atoms with Gasteiger partial charge in [0.05, 0.1) is 39.5 Å². The van der Waals surface area contributed by atoms with Crippen molar-refractivity contribution in [3.05, 3.63) is 86.5 Å². The quantitative estimate of drug-likeness (QED) is 0.284. The van der Waals surface area contributed by atoms with Crippen LogP contribution >= 0.6 is 35.0 Å². The number of benzene rings is 2. The van der Waals surface area contributed by atoms with Gasteiger partial charge >= 0.3 is 0 Å². The van der Waals surface area contributed by atoms with E-state index in [1.165, 1.54) is 23.0 Å². The van der Waals surface area contributed by atoms with Gasteiger partial charge in [-0.3, -0.25) is 14.2 Å². The van der Waals surface area contributed by atoms with Crippen LogP contribution in [-0.2, 0) is 11.3 Å². The van der Waals surface area contributed by atoms with E-state index in [-0.39, 0.29) is 23.0 Å². The molecule has 0 bridgehead atoms. The van der Waals surface area contributed by atoms with Crippen LogP contribution < -0.4 is 10.9 Å². The van der Waals surface area contributed by atoms with Crippen molar-refractivity contribution < 1.29 is 9.21 Å². The van der Waals surface area contributed by atoms with Crippen molar-refractivity contribution in [1.82, 2.24) is 9.55 Å². The number of hydrogen-bond acceptors (Lipinski definition) is 6. The van der Waals surface area contributed by atoms with E-state index >= 15 is 0 Å². The molecule has 4 rings (SSSR count). The molecule has 0 radical (unpaired) electrons. The van der Waals surface area contributed by atoms with Crippen LogP contribution in [0.15, 0.2) is 69.2 Å². The average Bonchev–Trinajstić information content (AvgIpc) is 3.29. The first-order chi connectivity index (χ1) is 15.9. The zero-order valence-electron chi connectivity index (χ0n) is 17.2. The number of halogens is 2. The number of nitrogens with one attached hydrogen (secondary N) is 1. The predicted octanol–water partition coefficient (Wildman–Crippen LogP) is 5.34. The van der Waals surface area contributed by atoms with E-state index in [0.29, 0.717) is 38.1 Å². The van der Waals surface area contributed by atoms with E-state index in [2.05, 4.69) is 10.3 Å². The lowest BCUT2D eigenvalue weighted by Crippen LogP contribution is -2.27. The maximum Gasteiger partial charge on any atom is 0.262 e. The van der Waals surface area contributed by atoms with Gasteiger partial charge in [-0.15, -0.1) is 0 Å². The summed E-state index contributed by atoms with van der Waals surface area (Å²) in [6.07, 6.45) is 1.53. The molecule has 0 spiro atoms. The maximum atomic E-state index is 13.2. The molecule has 1 amide bonds. The van der Waals surface area contributed by atoms with Gasteiger partial charge in [0.1, 0.15) is 11.8 Å². The van der Waals surface area contributed by atoms with E-state index in [4.69, 9.17) is 32.9 Å². The van der Waals surface area contributed by atoms with Crippen molar-refractivity contribution in [2.24, 2.45) is 0 Å². The maximum absolute atomic E-state index is 13.2. The molecular weight excluding hydrogens is 483 g/mol. The number of nitriles is 1. The summed E-state index contributed by atoms with van der Waals surface area (Å²) in [5.74, 6) is 0.268. The molecule has 0 unspecified atom stereocenters. The van der Waals surface area contributed by atoms with E-state index < -0.39 is 5.25 Å². The second kappa shape index (κ2) is 9.71. The summed E-state index contributed by atoms with van der Waals surface area (Å²) in [5, 5.41) is 12.6. The molecule has 33 heavy (non-hydrogen) atoms. The number of carbonyl (C=O) groups excluding carboxylic acids is 1. The Morgan fingerprint density at radius 2 is 2.09 bits per heavy atom. The molecule has 0 aliphatic heterocycles. The van der Waals surface area contributed by atoms with Crippen LogP contribution in [0.1, 0.15) is 18.2 Å². The summed E-state index contributed by atoms with van der Waals surface area (Å²) >= 11 is 13.3. The number of anilines is 1. The van der Waals surface area contributed by atoms with Crippen LogP contribution in [0.4, 0.5) is 5.69 Å². The Bertz CT molecular complexity index is 1440. The summed E-state index contributed by atoms with van der Waals surface area (Å²) in [6.45, 7) is 1.87.